The van der Waals surface area contributed by atoms with Crippen molar-refractivity contribution in [1.29, 1.82) is 0 Å². The van der Waals surface area contributed by atoms with Crippen molar-refractivity contribution in [2.75, 3.05) is 0 Å². The SMILES string of the molecule is OC(c1ccc(Cl)cc1)(c1ncc[nH]1)c1cccs1. The average molecular weight is 291 g/mol. The van der Waals surface area contributed by atoms with E-state index in [9.17, 15) is 5.11 Å². The van der Waals surface area contributed by atoms with Crippen LogP contribution in [0.3, 0.4) is 0 Å². The number of H-pyrrole nitrogens is 1. The highest BCUT2D eigenvalue weighted by molar-refractivity contribution is 7.10. The second kappa shape index (κ2) is 4.81. The van der Waals surface area contributed by atoms with Crippen LogP contribution in [0.25, 0.3) is 0 Å². The number of hydrogen-bond acceptors (Lipinski definition) is 3. The summed E-state index contributed by atoms with van der Waals surface area (Å²) in [4.78, 5) is 8.01. The molecule has 5 heteroatoms. The number of nitrogens with one attached hydrogen (secondary N) is 1. The largest absolute Gasteiger partial charge is 0.372 e. The van der Waals surface area contributed by atoms with E-state index in [-0.39, 0.29) is 0 Å². The number of halogens is 1. The van der Waals surface area contributed by atoms with Gasteiger partial charge in [0.15, 0.2) is 5.60 Å². The Hall–Kier alpha value is -1.62. The zero-order valence-electron chi connectivity index (χ0n) is 9.88. The van der Waals surface area contributed by atoms with Gasteiger partial charge >= 0.3 is 0 Å². The van der Waals surface area contributed by atoms with Crippen molar-refractivity contribution in [1.82, 2.24) is 9.97 Å². The number of aromatic amines is 1. The molecule has 0 aliphatic heterocycles. The van der Waals surface area contributed by atoms with Crippen LogP contribution < -0.4 is 0 Å². The molecule has 3 rings (SSSR count). The fraction of sp³-hybridized carbons (Fsp3) is 0.0714. The minimum absolute atomic E-state index is 0.497. The first-order valence-corrected chi connectivity index (χ1v) is 6.99. The highest BCUT2D eigenvalue weighted by Gasteiger charge is 2.37. The lowest BCUT2D eigenvalue weighted by atomic mass is 9.91. The molecule has 0 aliphatic rings. The van der Waals surface area contributed by atoms with E-state index in [2.05, 4.69) is 9.97 Å². The van der Waals surface area contributed by atoms with E-state index in [0.29, 0.717) is 10.8 Å². The molecule has 19 heavy (non-hydrogen) atoms. The molecule has 0 saturated carbocycles. The van der Waals surface area contributed by atoms with E-state index in [1.54, 1.807) is 24.5 Å². The van der Waals surface area contributed by atoms with E-state index >= 15 is 0 Å². The van der Waals surface area contributed by atoms with Gasteiger partial charge < -0.3 is 10.1 Å². The number of rotatable bonds is 3. The van der Waals surface area contributed by atoms with Gasteiger partial charge in [-0.25, -0.2) is 4.98 Å². The summed E-state index contributed by atoms with van der Waals surface area (Å²) >= 11 is 7.39. The maximum Gasteiger partial charge on any atom is 0.182 e. The molecular weight excluding hydrogens is 280 g/mol. The van der Waals surface area contributed by atoms with E-state index < -0.39 is 5.60 Å². The van der Waals surface area contributed by atoms with E-state index in [1.165, 1.54) is 11.3 Å². The summed E-state index contributed by atoms with van der Waals surface area (Å²) in [6.45, 7) is 0. The molecule has 1 atom stereocenters. The Morgan fingerprint density at radius 2 is 2.00 bits per heavy atom. The zero-order valence-corrected chi connectivity index (χ0v) is 11.4. The number of aliphatic hydroxyl groups is 1. The lowest BCUT2D eigenvalue weighted by Crippen LogP contribution is -2.29. The summed E-state index contributed by atoms with van der Waals surface area (Å²) in [5.41, 5.74) is -0.545. The normalized spacial score (nSPS) is 14.2. The zero-order chi connectivity index (χ0) is 13.3. The van der Waals surface area contributed by atoms with Gasteiger partial charge in [0.05, 0.1) is 0 Å². The number of thiophene rings is 1. The van der Waals surface area contributed by atoms with Crippen LogP contribution >= 0.6 is 22.9 Å². The maximum atomic E-state index is 11.2. The van der Waals surface area contributed by atoms with Gasteiger partial charge in [0.1, 0.15) is 5.82 Å². The van der Waals surface area contributed by atoms with Crippen molar-refractivity contribution >= 4 is 22.9 Å². The van der Waals surface area contributed by atoms with Crippen LogP contribution in [-0.4, -0.2) is 15.1 Å². The van der Waals surface area contributed by atoms with Crippen LogP contribution in [0.5, 0.6) is 0 Å². The molecule has 3 aromatic rings. The monoisotopic (exact) mass is 290 g/mol. The molecule has 2 N–H and O–H groups in total. The van der Waals surface area contributed by atoms with E-state index in [4.69, 9.17) is 11.6 Å². The van der Waals surface area contributed by atoms with Gasteiger partial charge in [0.2, 0.25) is 0 Å². The van der Waals surface area contributed by atoms with E-state index in [0.717, 1.165) is 10.4 Å². The van der Waals surface area contributed by atoms with Crippen LogP contribution in [0.1, 0.15) is 16.3 Å². The fourth-order valence-electron chi connectivity index (χ4n) is 2.03. The van der Waals surface area contributed by atoms with Crippen LogP contribution in [-0.2, 0) is 5.60 Å². The first-order chi connectivity index (χ1) is 9.21. The van der Waals surface area contributed by atoms with Gasteiger partial charge in [-0.3, -0.25) is 0 Å². The Kier molecular flexibility index (Phi) is 3.14. The number of nitrogens with zero attached hydrogens (tertiary/aromatic N) is 1. The van der Waals surface area contributed by atoms with Gasteiger partial charge in [0, 0.05) is 22.3 Å². The standard InChI is InChI=1S/C14H11ClN2OS/c15-11-5-3-10(4-6-11)14(18,12-2-1-9-19-12)13-16-7-8-17-13/h1-9,18H,(H,16,17). The predicted molar refractivity (Wildman–Crippen MR) is 76.5 cm³/mol. The molecule has 0 amide bonds. The second-order valence-electron chi connectivity index (χ2n) is 4.13. The molecular formula is C14H11ClN2OS. The van der Waals surface area contributed by atoms with Crippen LogP contribution in [0.2, 0.25) is 5.02 Å². The second-order valence-corrected chi connectivity index (χ2v) is 5.52. The molecule has 0 bridgehead atoms. The van der Waals surface area contributed by atoms with Crippen LogP contribution in [0.4, 0.5) is 0 Å². The molecule has 0 saturated heterocycles. The molecule has 0 fully saturated rings. The number of hydrogen-bond donors (Lipinski definition) is 2. The molecule has 2 aromatic heterocycles. The highest BCUT2D eigenvalue weighted by atomic mass is 35.5. The molecule has 3 nitrogen and oxygen atoms in total. The lowest BCUT2D eigenvalue weighted by Gasteiger charge is -2.25. The van der Waals surface area contributed by atoms with Crippen molar-refractivity contribution in [2.45, 2.75) is 5.60 Å². The molecule has 96 valence electrons. The fourth-order valence-corrected chi connectivity index (χ4v) is 3.01. The Bertz CT molecular complexity index is 613. The summed E-state index contributed by atoms with van der Waals surface area (Å²) in [5.74, 6) is 0.497. The molecule has 0 aliphatic carbocycles. The third-order valence-electron chi connectivity index (χ3n) is 2.98. The maximum absolute atomic E-state index is 11.2. The Labute approximate surface area is 119 Å². The Morgan fingerprint density at radius 3 is 2.58 bits per heavy atom. The van der Waals surface area contributed by atoms with Gasteiger partial charge in [-0.15, -0.1) is 11.3 Å². The Balaban J connectivity index is 2.20. The lowest BCUT2D eigenvalue weighted by molar-refractivity contribution is 0.120. The predicted octanol–water partition coefficient (Wildman–Crippen LogP) is 3.41. The summed E-state index contributed by atoms with van der Waals surface area (Å²) in [7, 11) is 0. The van der Waals surface area contributed by atoms with Gasteiger partial charge in [-0.1, -0.05) is 29.8 Å². The first-order valence-electron chi connectivity index (χ1n) is 5.73. The summed E-state index contributed by atoms with van der Waals surface area (Å²) < 4.78 is 0. The topological polar surface area (TPSA) is 48.9 Å². The summed E-state index contributed by atoms with van der Waals surface area (Å²) in [6, 6.07) is 10.9. The minimum Gasteiger partial charge on any atom is -0.372 e. The van der Waals surface area contributed by atoms with Crippen molar-refractivity contribution in [3.63, 3.8) is 0 Å². The quantitative estimate of drug-likeness (QED) is 0.776. The van der Waals surface area contributed by atoms with Crippen molar-refractivity contribution in [3.8, 4) is 0 Å². The van der Waals surface area contributed by atoms with Crippen molar-refractivity contribution < 1.29 is 5.11 Å². The van der Waals surface area contributed by atoms with Gasteiger partial charge in [-0.05, 0) is 29.1 Å². The number of imidazole rings is 1. The highest BCUT2D eigenvalue weighted by Crippen LogP contribution is 2.37. The number of benzene rings is 1. The molecule has 1 unspecified atom stereocenters. The minimum atomic E-state index is -1.28. The summed E-state index contributed by atoms with van der Waals surface area (Å²) in [6.07, 6.45) is 3.33. The molecule has 2 heterocycles. The smallest absolute Gasteiger partial charge is 0.182 e. The summed E-state index contributed by atoms with van der Waals surface area (Å²) in [5, 5.41) is 13.7. The third-order valence-corrected chi connectivity index (χ3v) is 4.21. The van der Waals surface area contributed by atoms with Crippen molar-refractivity contribution in [3.05, 3.63) is 75.5 Å². The number of aromatic nitrogens is 2. The molecule has 0 radical (unpaired) electrons. The van der Waals surface area contributed by atoms with Crippen LogP contribution in [0.15, 0.2) is 54.2 Å². The third kappa shape index (κ3) is 2.08. The van der Waals surface area contributed by atoms with Gasteiger partial charge in [-0.2, -0.15) is 0 Å². The molecule has 0 spiro atoms. The van der Waals surface area contributed by atoms with Gasteiger partial charge in [0.25, 0.3) is 0 Å². The van der Waals surface area contributed by atoms with E-state index in [1.807, 2.05) is 29.6 Å². The first kappa shape index (κ1) is 12.4. The van der Waals surface area contributed by atoms with Crippen LogP contribution in [0, 0.1) is 0 Å². The Morgan fingerprint density at radius 1 is 1.21 bits per heavy atom. The van der Waals surface area contributed by atoms with Crippen molar-refractivity contribution in [2.24, 2.45) is 0 Å². The molecule has 1 aromatic carbocycles. The average Bonchev–Trinajstić information content (AvgIpc) is 3.12.